The number of nitrogens with zero attached hydrogens (tertiary/aromatic N) is 1. The van der Waals surface area contributed by atoms with Crippen molar-refractivity contribution in [1.82, 2.24) is 4.57 Å². The molecule has 0 aliphatic carbocycles. The largest absolute Gasteiger partial charge is 0.516 e. The third-order valence-electron chi connectivity index (χ3n) is 2.09. The summed E-state index contributed by atoms with van der Waals surface area (Å²) in [4.78, 5) is 0. The molecule has 0 saturated heterocycles. The minimum absolute atomic E-state index is 0.712. The number of para-hydroxylation sites is 1. The highest BCUT2D eigenvalue weighted by Crippen LogP contribution is 2.14. The van der Waals surface area contributed by atoms with Crippen LogP contribution in [-0.4, -0.2) is 9.67 Å². The van der Waals surface area contributed by atoms with Crippen molar-refractivity contribution in [3.05, 3.63) is 48.9 Å². The van der Waals surface area contributed by atoms with E-state index < -0.39 is 0 Å². The zero-order chi connectivity index (χ0) is 9.10. The standard InChI is InChI=1S/C11H11NO/c13-9-3-7-12-8-6-10-4-1-2-5-11(10)12/h1-6,8-9,13H,7H2/b9-3+. The molecule has 0 bridgehead atoms. The Kier molecular flexibility index (Phi) is 2.04. The van der Waals surface area contributed by atoms with Crippen molar-refractivity contribution in [2.75, 3.05) is 0 Å². The first-order valence-electron chi connectivity index (χ1n) is 4.25. The summed E-state index contributed by atoms with van der Waals surface area (Å²) in [5.74, 6) is 0. The minimum atomic E-state index is 0.712. The maximum atomic E-state index is 8.54. The summed E-state index contributed by atoms with van der Waals surface area (Å²) in [6.07, 6.45) is 4.81. The predicted molar refractivity (Wildman–Crippen MR) is 53.7 cm³/mol. The van der Waals surface area contributed by atoms with Gasteiger partial charge in [-0.1, -0.05) is 18.2 Å². The highest BCUT2D eigenvalue weighted by Gasteiger charge is 1.96. The minimum Gasteiger partial charge on any atom is -0.516 e. The molecule has 1 aromatic heterocycles. The Balaban J connectivity index is 2.45. The van der Waals surface area contributed by atoms with Gasteiger partial charge in [-0.3, -0.25) is 0 Å². The summed E-state index contributed by atoms with van der Waals surface area (Å²) in [7, 11) is 0. The lowest BCUT2D eigenvalue weighted by Crippen LogP contribution is -1.91. The molecule has 0 unspecified atom stereocenters. The van der Waals surface area contributed by atoms with E-state index in [1.807, 2.05) is 18.3 Å². The van der Waals surface area contributed by atoms with Crippen LogP contribution in [0.1, 0.15) is 0 Å². The fourth-order valence-corrected chi connectivity index (χ4v) is 1.46. The molecule has 0 aliphatic rings. The molecule has 66 valence electrons. The van der Waals surface area contributed by atoms with Crippen LogP contribution in [0.4, 0.5) is 0 Å². The number of hydrogen-bond acceptors (Lipinski definition) is 1. The van der Waals surface area contributed by atoms with E-state index >= 15 is 0 Å². The number of aromatic nitrogens is 1. The SMILES string of the molecule is O/C=C/Cn1ccc2ccccc21. The van der Waals surface area contributed by atoms with Gasteiger partial charge in [-0.15, -0.1) is 0 Å². The van der Waals surface area contributed by atoms with Crippen molar-refractivity contribution in [3.63, 3.8) is 0 Å². The van der Waals surface area contributed by atoms with Crippen molar-refractivity contribution in [2.24, 2.45) is 0 Å². The second-order valence-electron chi connectivity index (χ2n) is 2.91. The number of allylic oxidation sites excluding steroid dienone is 1. The van der Waals surface area contributed by atoms with Crippen LogP contribution in [0.25, 0.3) is 10.9 Å². The fourth-order valence-electron chi connectivity index (χ4n) is 1.46. The average molecular weight is 173 g/mol. The van der Waals surface area contributed by atoms with Gasteiger partial charge in [0.25, 0.3) is 0 Å². The molecule has 2 nitrogen and oxygen atoms in total. The first kappa shape index (κ1) is 7.92. The van der Waals surface area contributed by atoms with E-state index in [1.54, 1.807) is 6.08 Å². The summed E-state index contributed by atoms with van der Waals surface area (Å²) in [5.41, 5.74) is 1.20. The summed E-state index contributed by atoms with van der Waals surface area (Å²) < 4.78 is 2.09. The van der Waals surface area contributed by atoms with Crippen LogP contribution in [0.5, 0.6) is 0 Å². The molecular formula is C11H11NO. The zero-order valence-electron chi connectivity index (χ0n) is 7.22. The van der Waals surface area contributed by atoms with Gasteiger partial charge in [-0.05, 0) is 23.6 Å². The van der Waals surface area contributed by atoms with Crippen molar-refractivity contribution in [3.8, 4) is 0 Å². The summed E-state index contributed by atoms with van der Waals surface area (Å²) >= 11 is 0. The van der Waals surface area contributed by atoms with Crippen LogP contribution in [0, 0.1) is 0 Å². The lowest BCUT2D eigenvalue weighted by molar-refractivity contribution is 0.469. The molecule has 1 N–H and O–H groups in total. The molecular weight excluding hydrogens is 162 g/mol. The van der Waals surface area contributed by atoms with Gasteiger partial charge in [0, 0.05) is 18.3 Å². The molecule has 0 aliphatic heterocycles. The summed E-state index contributed by atoms with van der Waals surface area (Å²) in [5, 5.41) is 9.77. The Labute approximate surface area is 76.7 Å². The monoisotopic (exact) mass is 173 g/mol. The van der Waals surface area contributed by atoms with Crippen molar-refractivity contribution < 1.29 is 5.11 Å². The maximum Gasteiger partial charge on any atom is 0.0769 e. The quantitative estimate of drug-likeness (QED) is 0.694. The van der Waals surface area contributed by atoms with E-state index in [2.05, 4.69) is 22.8 Å². The van der Waals surface area contributed by atoms with Crippen LogP contribution in [-0.2, 0) is 6.54 Å². The normalized spacial score (nSPS) is 11.4. The van der Waals surface area contributed by atoms with Crippen molar-refractivity contribution >= 4 is 10.9 Å². The van der Waals surface area contributed by atoms with Gasteiger partial charge in [0.2, 0.25) is 0 Å². The lowest BCUT2D eigenvalue weighted by Gasteiger charge is -1.99. The molecule has 13 heavy (non-hydrogen) atoms. The van der Waals surface area contributed by atoms with Crippen LogP contribution in [0.2, 0.25) is 0 Å². The molecule has 0 atom stereocenters. The Morgan fingerprint density at radius 1 is 1.23 bits per heavy atom. The van der Waals surface area contributed by atoms with Crippen molar-refractivity contribution in [2.45, 2.75) is 6.54 Å². The van der Waals surface area contributed by atoms with E-state index in [0.717, 1.165) is 6.26 Å². The van der Waals surface area contributed by atoms with Gasteiger partial charge >= 0.3 is 0 Å². The highest BCUT2D eigenvalue weighted by atomic mass is 16.2. The molecule has 1 aromatic carbocycles. The van der Waals surface area contributed by atoms with Crippen molar-refractivity contribution in [1.29, 1.82) is 0 Å². The number of rotatable bonds is 2. The van der Waals surface area contributed by atoms with Crippen LogP contribution in [0.3, 0.4) is 0 Å². The Bertz CT molecular complexity index is 428. The van der Waals surface area contributed by atoms with E-state index in [-0.39, 0.29) is 0 Å². The van der Waals surface area contributed by atoms with Gasteiger partial charge in [0.1, 0.15) is 0 Å². The smallest absolute Gasteiger partial charge is 0.0769 e. The van der Waals surface area contributed by atoms with Crippen LogP contribution < -0.4 is 0 Å². The third kappa shape index (κ3) is 1.43. The molecule has 0 saturated carbocycles. The van der Waals surface area contributed by atoms with E-state index in [9.17, 15) is 0 Å². The van der Waals surface area contributed by atoms with Gasteiger partial charge in [0.15, 0.2) is 0 Å². The predicted octanol–water partition coefficient (Wildman–Crippen LogP) is 2.71. The second kappa shape index (κ2) is 3.35. The average Bonchev–Trinajstić information content (AvgIpc) is 2.58. The van der Waals surface area contributed by atoms with Crippen LogP contribution >= 0.6 is 0 Å². The molecule has 0 fully saturated rings. The molecule has 0 spiro atoms. The topological polar surface area (TPSA) is 25.2 Å². The molecule has 0 radical (unpaired) electrons. The Morgan fingerprint density at radius 2 is 2.08 bits per heavy atom. The molecule has 2 aromatic rings. The van der Waals surface area contributed by atoms with Crippen LogP contribution in [0.15, 0.2) is 48.9 Å². The second-order valence-corrected chi connectivity index (χ2v) is 2.91. The lowest BCUT2D eigenvalue weighted by atomic mass is 10.2. The zero-order valence-corrected chi connectivity index (χ0v) is 7.22. The number of aliphatic hydroxyl groups is 1. The Hall–Kier alpha value is -1.70. The third-order valence-corrected chi connectivity index (χ3v) is 2.09. The number of hydrogen-bond donors (Lipinski definition) is 1. The van der Waals surface area contributed by atoms with E-state index in [4.69, 9.17) is 5.11 Å². The van der Waals surface area contributed by atoms with E-state index in [0.29, 0.717) is 6.54 Å². The van der Waals surface area contributed by atoms with Gasteiger partial charge in [-0.2, -0.15) is 0 Å². The van der Waals surface area contributed by atoms with Gasteiger partial charge in [0.05, 0.1) is 6.26 Å². The maximum absolute atomic E-state index is 8.54. The molecule has 2 heteroatoms. The highest BCUT2D eigenvalue weighted by molar-refractivity contribution is 5.79. The molecule has 0 amide bonds. The summed E-state index contributed by atoms with van der Waals surface area (Å²) in [6.45, 7) is 0.712. The number of benzene rings is 1. The van der Waals surface area contributed by atoms with Gasteiger partial charge in [-0.25, -0.2) is 0 Å². The number of fused-ring (bicyclic) bond motifs is 1. The van der Waals surface area contributed by atoms with Gasteiger partial charge < -0.3 is 9.67 Å². The summed E-state index contributed by atoms with van der Waals surface area (Å²) in [6, 6.07) is 10.3. The first-order valence-corrected chi connectivity index (χ1v) is 4.25. The molecule has 2 rings (SSSR count). The number of aliphatic hydroxyl groups excluding tert-OH is 1. The fraction of sp³-hybridized carbons (Fsp3) is 0.0909. The first-order chi connectivity index (χ1) is 6.42. The molecule has 1 heterocycles. The van der Waals surface area contributed by atoms with E-state index in [1.165, 1.54) is 10.9 Å². The Morgan fingerprint density at radius 3 is 2.92 bits per heavy atom.